The maximum Gasteiger partial charge on any atom is 0.231 e. The lowest BCUT2D eigenvalue weighted by atomic mass is 10.2. The topological polar surface area (TPSA) is 115 Å². The average Bonchev–Trinajstić information content (AvgIpc) is 3.21. The van der Waals surface area contributed by atoms with Crippen molar-refractivity contribution in [2.45, 2.75) is 0 Å². The fourth-order valence-corrected chi connectivity index (χ4v) is 5.46. The molecule has 53 heavy (non-hydrogen) atoms. The predicted molar refractivity (Wildman–Crippen MR) is 222 cm³/mol. The van der Waals surface area contributed by atoms with Gasteiger partial charge in [0.2, 0.25) is 11.2 Å². The standard InChI is InChI=1S/C21H15BrN4.C15H10ClN3.C6H6BrN/c22-17-11-13-18(14-12-17)23-21-25-19(15-7-3-1-4-8-15)24-20(26-21)16-9-5-2-6-10-16;16-15-18-13(11-7-3-1-4-8-11)17-14(19-15)12-9-5-2-6-10-12;7-5-1-3-6(8)4-2-5/h1-14H,(H,23,24,25,26);1-10H;1-4H,8H2. The van der Waals surface area contributed by atoms with Gasteiger partial charge in [-0.25, -0.2) is 9.97 Å². The van der Waals surface area contributed by atoms with Crippen molar-refractivity contribution in [3.8, 4) is 45.6 Å². The fraction of sp³-hybridized carbons (Fsp3) is 0. The smallest absolute Gasteiger partial charge is 0.231 e. The molecule has 0 atom stereocenters. The first-order chi connectivity index (χ1) is 25.9. The van der Waals surface area contributed by atoms with Gasteiger partial charge in [0, 0.05) is 42.6 Å². The molecule has 8 rings (SSSR count). The van der Waals surface area contributed by atoms with Crippen molar-refractivity contribution in [1.29, 1.82) is 0 Å². The Kier molecular flexibility index (Phi) is 13.0. The van der Waals surface area contributed by atoms with E-state index in [0.717, 1.165) is 42.6 Å². The number of halogens is 3. The normalized spacial score (nSPS) is 10.2. The van der Waals surface area contributed by atoms with E-state index in [2.05, 4.69) is 67.1 Å². The summed E-state index contributed by atoms with van der Waals surface area (Å²) in [6.07, 6.45) is 0. The lowest BCUT2D eigenvalue weighted by Crippen LogP contribution is -2.03. The summed E-state index contributed by atoms with van der Waals surface area (Å²) < 4.78 is 2.08. The fourth-order valence-electron chi connectivity index (χ4n) is 4.77. The molecule has 0 aliphatic rings. The van der Waals surface area contributed by atoms with Gasteiger partial charge < -0.3 is 11.1 Å². The average molecular weight is 843 g/mol. The molecule has 6 aromatic carbocycles. The van der Waals surface area contributed by atoms with Gasteiger partial charge in [0.1, 0.15) is 0 Å². The van der Waals surface area contributed by atoms with Crippen molar-refractivity contribution in [2.75, 3.05) is 11.1 Å². The minimum absolute atomic E-state index is 0.202. The zero-order chi connectivity index (χ0) is 36.8. The summed E-state index contributed by atoms with van der Waals surface area (Å²) >= 11 is 12.7. The van der Waals surface area contributed by atoms with Gasteiger partial charge in [-0.05, 0) is 60.1 Å². The number of hydrogen-bond donors (Lipinski definition) is 2. The van der Waals surface area contributed by atoms with Gasteiger partial charge in [-0.2, -0.15) is 19.9 Å². The Morgan fingerprint density at radius 3 is 1.06 bits per heavy atom. The molecule has 8 aromatic rings. The van der Waals surface area contributed by atoms with E-state index in [9.17, 15) is 0 Å². The molecular formula is C42H31Br2ClN8. The highest BCUT2D eigenvalue weighted by Crippen LogP contribution is 2.24. The molecule has 0 aliphatic carbocycles. The highest BCUT2D eigenvalue weighted by molar-refractivity contribution is 9.10. The number of rotatable bonds is 6. The molecule has 0 amide bonds. The first-order valence-corrected chi connectivity index (χ1v) is 18.3. The number of nitrogens with two attached hydrogens (primary N) is 1. The summed E-state index contributed by atoms with van der Waals surface area (Å²) in [6.45, 7) is 0. The molecule has 0 saturated heterocycles. The molecule has 2 aromatic heterocycles. The summed E-state index contributed by atoms with van der Waals surface area (Å²) in [5.74, 6) is 2.96. The Bertz CT molecular complexity index is 2200. The van der Waals surface area contributed by atoms with Crippen molar-refractivity contribution in [3.63, 3.8) is 0 Å². The van der Waals surface area contributed by atoms with Crippen LogP contribution in [0.2, 0.25) is 5.28 Å². The van der Waals surface area contributed by atoms with Crippen LogP contribution < -0.4 is 11.1 Å². The summed E-state index contributed by atoms with van der Waals surface area (Å²) in [5.41, 5.74) is 10.9. The maximum atomic E-state index is 5.99. The highest BCUT2D eigenvalue weighted by Gasteiger charge is 2.11. The van der Waals surface area contributed by atoms with Crippen LogP contribution in [0.3, 0.4) is 0 Å². The van der Waals surface area contributed by atoms with E-state index in [4.69, 9.17) is 17.3 Å². The molecule has 0 unspecified atom stereocenters. The molecule has 0 bridgehead atoms. The summed E-state index contributed by atoms with van der Waals surface area (Å²) in [4.78, 5) is 26.7. The van der Waals surface area contributed by atoms with Crippen LogP contribution in [0.25, 0.3) is 45.6 Å². The largest absolute Gasteiger partial charge is 0.399 e. The summed E-state index contributed by atoms with van der Waals surface area (Å²) in [7, 11) is 0. The van der Waals surface area contributed by atoms with Crippen molar-refractivity contribution >= 4 is 60.8 Å². The number of nitrogen functional groups attached to an aromatic ring is 1. The van der Waals surface area contributed by atoms with E-state index in [-0.39, 0.29) is 5.28 Å². The van der Waals surface area contributed by atoms with E-state index in [1.54, 1.807) is 0 Å². The van der Waals surface area contributed by atoms with Gasteiger partial charge in [-0.1, -0.05) is 153 Å². The number of benzene rings is 6. The van der Waals surface area contributed by atoms with Crippen LogP contribution in [0, 0.1) is 0 Å². The molecule has 0 spiro atoms. The second-order valence-corrected chi connectivity index (χ2v) is 13.4. The van der Waals surface area contributed by atoms with Crippen LogP contribution in [-0.2, 0) is 0 Å². The molecule has 0 radical (unpaired) electrons. The van der Waals surface area contributed by atoms with Crippen LogP contribution in [0.1, 0.15) is 0 Å². The lowest BCUT2D eigenvalue weighted by molar-refractivity contribution is 1.07. The van der Waals surface area contributed by atoms with Gasteiger partial charge in [-0.3, -0.25) is 0 Å². The number of nitrogens with one attached hydrogen (secondary N) is 1. The van der Waals surface area contributed by atoms with Crippen LogP contribution >= 0.6 is 43.5 Å². The number of anilines is 3. The molecule has 8 nitrogen and oxygen atoms in total. The summed E-state index contributed by atoms with van der Waals surface area (Å²) in [6, 6.07) is 54.7. The number of aromatic nitrogens is 6. The van der Waals surface area contributed by atoms with Crippen molar-refractivity contribution in [1.82, 2.24) is 29.9 Å². The van der Waals surface area contributed by atoms with E-state index in [1.165, 1.54) is 0 Å². The van der Waals surface area contributed by atoms with Crippen molar-refractivity contribution in [2.24, 2.45) is 0 Å². The Hall–Kier alpha value is -5.81. The van der Waals surface area contributed by atoms with Gasteiger partial charge in [0.25, 0.3) is 0 Å². The van der Waals surface area contributed by atoms with E-state index in [0.29, 0.717) is 29.2 Å². The zero-order valence-electron chi connectivity index (χ0n) is 28.1. The Labute approximate surface area is 329 Å². The Balaban J connectivity index is 0.000000155. The molecule has 3 N–H and O–H groups in total. The third-order valence-electron chi connectivity index (χ3n) is 7.34. The van der Waals surface area contributed by atoms with Gasteiger partial charge in [0.05, 0.1) is 0 Å². The zero-order valence-corrected chi connectivity index (χ0v) is 32.0. The molecule has 260 valence electrons. The number of hydrogen-bond acceptors (Lipinski definition) is 8. The van der Waals surface area contributed by atoms with Gasteiger partial charge in [0.15, 0.2) is 23.3 Å². The van der Waals surface area contributed by atoms with Crippen LogP contribution in [0.4, 0.5) is 17.3 Å². The minimum atomic E-state index is 0.202. The van der Waals surface area contributed by atoms with Gasteiger partial charge >= 0.3 is 0 Å². The molecule has 0 fully saturated rings. The monoisotopic (exact) mass is 840 g/mol. The predicted octanol–water partition coefficient (Wildman–Crippen LogP) is 11.6. The van der Waals surface area contributed by atoms with Crippen molar-refractivity contribution < 1.29 is 0 Å². The Morgan fingerprint density at radius 1 is 0.396 bits per heavy atom. The van der Waals surface area contributed by atoms with Crippen LogP contribution in [-0.4, -0.2) is 29.9 Å². The third kappa shape index (κ3) is 11.1. The molecule has 0 aliphatic heterocycles. The van der Waals surface area contributed by atoms with Crippen LogP contribution in [0.15, 0.2) is 179 Å². The quantitative estimate of drug-likeness (QED) is 0.159. The third-order valence-corrected chi connectivity index (χ3v) is 8.57. The number of nitrogens with zero attached hydrogens (tertiary/aromatic N) is 6. The second-order valence-electron chi connectivity index (χ2n) is 11.2. The molecule has 0 saturated carbocycles. The molecular weight excluding hydrogens is 812 g/mol. The first-order valence-electron chi connectivity index (χ1n) is 16.3. The van der Waals surface area contributed by atoms with Gasteiger partial charge in [-0.15, -0.1) is 0 Å². The van der Waals surface area contributed by atoms with Crippen LogP contribution in [0.5, 0.6) is 0 Å². The lowest BCUT2D eigenvalue weighted by Gasteiger charge is -2.09. The highest BCUT2D eigenvalue weighted by atomic mass is 79.9. The second kappa shape index (κ2) is 18.6. The van der Waals surface area contributed by atoms with E-state index < -0.39 is 0 Å². The maximum absolute atomic E-state index is 5.99. The summed E-state index contributed by atoms with van der Waals surface area (Å²) in [5, 5.41) is 3.47. The van der Waals surface area contributed by atoms with E-state index >= 15 is 0 Å². The van der Waals surface area contributed by atoms with E-state index in [1.807, 2.05) is 170 Å². The Morgan fingerprint density at radius 2 is 0.717 bits per heavy atom. The van der Waals surface area contributed by atoms with Crippen molar-refractivity contribution in [3.05, 3.63) is 184 Å². The SMILES string of the molecule is Brc1ccc(Nc2nc(-c3ccccc3)nc(-c3ccccc3)n2)cc1.Clc1nc(-c2ccccc2)nc(-c2ccccc2)n1.Nc1ccc(Br)cc1. The minimum Gasteiger partial charge on any atom is -0.399 e. The molecule has 2 heterocycles. The molecule has 11 heteroatoms. The first kappa shape index (κ1) is 37.0.